The summed E-state index contributed by atoms with van der Waals surface area (Å²) >= 11 is 0. The number of nitrogens with two attached hydrogens (primary N) is 1. The summed E-state index contributed by atoms with van der Waals surface area (Å²) in [5, 5.41) is 5.82. The smallest absolute Gasteiger partial charge is 0.255 e. The summed E-state index contributed by atoms with van der Waals surface area (Å²) in [6.07, 6.45) is 0. The number of amides is 2. The summed E-state index contributed by atoms with van der Waals surface area (Å²) < 4.78 is 0. The summed E-state index contributed by atoms with van der Waals surface area (Å²) in [4.78, 5) is 24.6. The molecule has 0 aliphatic heterocycles. The largest absolute Gasteiger partial charge is 0.348 e. The van der Waals surface area contributed by atoms with E-state index >= 15 is 0 Å². The Morgan fingerprint density at radius 1 is 1.00 bits per heavy atom. The van der Waals surface area contributed by atoms with Crippen LogP contribution in [0.2, 0.25) is 0 Å². The molecule has 4 N–H and O–H groups in total. The van der Waals surface area contributed by atoms with Crippen LogP contribution in [-0.4, -0.2) is 17.9 Å². The number of carbonyl (C=O) groups is 2. The Morgan fingerprint density at radius 2 is 1.65 bits per heavy atom. The molecule has 2 rings (SSSR count). The summed E-state index contributed by atoms with van der Waals surface area (Å²) in [5.41, 5.74) is 7.87. The van der Waals surface area contributed by atoms with Gasteiger partial charge in [-0.05, 0) is 42.2 Å². The molecule has 2 atom stereocenters. The Hall–Kier alpha value is -2.66. The Bertz CT molecular complexity index is 766. The van der Waals surface area contributed by atoms with Crippen molar-refractivity contribution < 1.29 is 9.59 Å². The maximum Gasteiger partial charge on any atom is 0.255 e. The van der Waals surface area contributed by atoms with E-state index in [-0.39, 0.29) is 23.3 Å². The highest BCUT2D eigenvalue weighted by atomic mass is 16.2. The summed E-state index contributed by atoms with van der Waals surface area (Å²) in [6.45, 7) is 7.69. The van der Waals surface area contributed by atoms with Crippen LogP contribution in [0.5, 0.6) is 0 Å². The van der Waals surface area contributed by atoms with E-state index in [1.807, 2.05) is 70.2 Å². The summed E-state index contributed by atoms with van der Waals surface area (Å²) in [6, 6.07) is 15.6. The third kappa shape index (κ3) is 5.17. The normalized spacial score (nSPS) is 13.6. The predicted molar refractivity (Wildman–Crippen MR) is 105 cm³/mol. The fourth-order valence-electron chi connectivity index (χ4n) is 2.46. The first-order valence-electron chi connectivity index (χ1n) is 8.71. The molecule has 5 nitrogen and oxygen atoms in total. The molecule has 2 aromatic carbocycles. The molecule has 0 aliphatic carbocycles. The maximum atomic E-state index is 12.3. The number of rotatable bonds is 5. The minimum absolute atomic E-state index is 0.172. The van der Waals surface area contributed by atoms with Gasteiger partial charge in [0.1, 0.15) is 0 Å². The van der Waals surface area contributed by atoms with Gasteiger partial charge in [0, 0.05) is 11.3 Å². The third-order valence-corrected chi connectivity index (χ3v) is 4.25. The average Bonchev–Trinajstić information content (AvgIpc) is 2.61. The zero-order valence-electron chi connectivity index (χ0n) is 15.7. The first kappa shape index (κ1) is 19.7. The van der Waals surface area contributed by atoms with Crippen molar-refractivity contribution in [3.05, 3.63) is 65.7 Å². The number of hydrogen-bond donors (Lipinski definition) is 3. The molecule has 0 saturated carbocycles. The molecule has 5 heteroatoms. The van der Waals surface area contributed by atoms with E-state index in [9.17, 15) is 9.59 Å². The van der Waals surface area contributed by atoms with Gasteiger partial charge in [-0.2, -0.15) is 0 Å². The number of nitrogens with one attached hydrogen (secondary N) is 2. The molecular weight excluding hydrogens is 326 g/mol. The van der Waals surface area contributed by atoms with Gasteiger partial charge in [-0.3, -0.25) is 9.59 Å². The molecule has 138 valence electrons. The standard InChI is InChI=1S/C21H27N3O2/c1-14(23-20(26)18(22)21(2,3)4)16-11-8-12-17(13-16)24-19(25)15-9-6-5-7-10-15/h5-14,18H,22H2,1-4H3,(H,23,26)(H,24,25)/t14?,18-/m1/s1. The molecule has 26 heavy (non-hydrogen) atoms. The first-order chi connectivity index (χ1) is 12.2. The zero-order chi connectivity index (χ0) is 19.3. The average molecular weight is 353 g/mol. The van der Waals surface area contributed by atoms with Gasteiger partial charge in [0.25, 0.3) is 5.91 Å². The quantitative estimate of drug-likeness (QED) is 0.769. The van der Waals surface area contributed by atoms with Crippen LogP contribution in [0.1, 0.15) is 49.7 Å². The second-order valence-electron chi connectivity index (χ2n) is 7.52. The molecule has 0 spiro atoms. The highest BCUT2D eigenvalue weighted by molar-refractivity contribution is 6.04. The lowest BCUT2D eigenvalue weighted by molar-refractivity contribution is -0.125. The van der Waals surface area contributed by atoms with Crippen LogP contribution in [0, 0.1) is 5.41 Å². The van der Waals surface area contributed by atoms with Gasteiger partial charge < -0.3 is 16.4 Å². The first-order valence-corrected chi connectivity index (χ1v) is 8.71. The van der Waals surface area contributed by atoms with E-state index in [4.69, 9.17) is 5.73 Å². The Labute approximate surface area is 155 Å². The van der Waals surface area contributed by atoms with Crippen molar-refractivity contribution in [2.45, 2.75) is 39.8 Å². The second-order valence-corrected chi connectivity index (χ2v) is 7.52. The molecule has 0 fully saturated rings. The fraction of sp³-hybridized carbons (Fsp3) is 0.333. The molecule has 0 aromatic heterocycles. The highest BCUT2D eigenvalue weighted by Gasteiger charge is 2.28. The topological polar surface area (TPSA) is 84.2 Å². The van der Waals surface area contributed by atoms with E-state index in [1.165, 1.54) is 0 Å². The van der Waals surface area contributed by atoms with E-state index in [2.05, 4.69) is 10.6 Å². The lowest BCUT2D eigenvalue weighted by Crippen LogP contribution is -2.49. The maximum absolute atomic E-state index is 12.3. The Kier molecular flexibility index (Phi) is 6.16. The molecule has 2 aromatic rings. The van der Waals surface area contributed by atoms with Crippen LogP contribution < -0.4 is 16.4 Å². The van der Waals surface area contributed by atoms with Gasteiger partial charge in [-0.15, -0.1) is 0 Å². The van der Waals surface area contributed by atoms with E-state index in [0.29, 0.717) is 11.3 Å². The Balaban J connectivity index is 2.06. The van der Waals surface area contributed by atoms with Crippen molar-refractivity contribution in [2.24, 2.45) is 11.1 Å². The molecule has 0 aliphatic rings. The van der Waals surface area contributed by atoms with Gasteiger partial charge in [0.2, 0.25) is 5.91 Å². The number of carbonyl (C=O) groups excluding carboxylic acids is 2. The van der Waals surface area contributed by atoms with Crippen molar-refractivity contribution in [3.63, 3.8) is 0 Å². The minimum Gasteiger partial charge on any atom is -0.348 e. The summed E-state index contributed by atoms with van der Waals surface area (Å²) in [5.74, 6) is -0.363. The lowest BCUT2D eigenvalue weighted by atomic mass is 9.86. The van der Waals surface area contributed by atoms with Crippen molar-refractivity contribution in [2.75, 3.05) is 5.32 Å². The molecular formula is C21H27N3O2. The minimum atomic E-state index is -0.592. The van der Waals surface area contributed by atoms with Crippen molar-refractivity contribution in [3.8, 4) is 0 Å². The van der Waals surface area contributed by atoms with Crippen LogP contribution in [0.3, 0.4) is 0 Å². The van der Waals surface area contributed by atoms with Gasteiger partial charge in [0.15, 0.2) is 0 Å². The molecule has 1 unspecified atom stereocenters. The van der Waals surface area contributed by atoms with Crippen LogP contribution >= 0.6 is 0 Å². The summed E-state index contributed by atoms with van der Waals surface area (Å²) in [7, 11) is 0. The van der Waals surface area contributed by atoms with Gasteiger partial charge in [0.05, 0.1) is 12.1 Å². The van der Waals surface area contributed by atoms with Crippen LogP contribution in [0.25, 0.3) is 0 Å². The molecule has 2 amide bonds. The monoisotopic (exact) mass is 353 g/mol. The zero-order valence-corrected chi connectivity index (χ0v) is 15.7. The molecule has 0 saturated heterocycles. The van der Waals surface area contributed by atoms with Crippen molar-refractivity contribution >= 4 is 17.5 Å². The number of anilines is 1. The lowest BCUT2D eigenvalue weighted by Gasteiger charge is -2.27. The number of hydrogen-bond acceptors (Lipinski definition) is 3. The highest BCUT2D eigenvalue weighted by Crippen LogP contribution is 2.21. The third-order valence-electron chi connectivity index (χ3n) is 4.25. The van der Waals surface area contributed by atoms with E-state index in [1.54, 1.807) is 12.1 Å². The molecule has 0 heterocycles. The predicted octanol–water partition coefficient (Wildman–Crippen LogP) is 3.49. The number of benzene rings is 2. The van der Waals surface area contributed by atoms with E-state index in [0.717, 1.165) is 5.56 Å². The van der Waals surface area contributed by atoms with Gasteiger partial charge in [-0.1, -0.05) is 51.1 Å². The molecule has 0 radical (unpaired) electrons. The SMILES string of the molecule is CC(NC(=O)[C@@H](N)C(C)(C)C)c1cccc(NC(=O)c2ccccc2)c1. The second kappa shape index (κ2) is 8.15. The van der Waals surface area contributed by atoms with Crippen LogP contribution in [0.15, 0.2) is 54.6 Å². The van der Waals surface area contributed by atoms with Gasteiger partial charge in [-0.25, -0.2) is 0 Å². The molecule has 0 bridgehead atoms. The van der Waals surface area contributed by atoms with E-state index < -0.39 is 6.04 Å². The Morgan fingerprint density at radius 3 is 2.27 bits per heavy atom. The van der Waals surface area contributed by atoms with Crippen LogP contribution in [0.4, 0.5) is 5.69 Å². The van der Waals surface area contributed by atoms with Gasteiger partial charge >= 0.3 is 0 Å². The van der Waals surface area contributed by atoms with Crippen molar-refractivity contribution in [1.29, 1.82) is 0 Å². The van der Waals surface area contributed by atoms with Crippen molar-refractivity contribution in [1.82, 2.24) is 5.32 Å². The van der Waals surface area contributed by atoms with Crippen LogP contribution in [-0.2, 0) is 4.79 Å². The fourth-order valence-corrected chi connectivity index (χ4v) is 2.46.